The normalized spacial score (nSPS) is 12.1. The summed E-state index contributed by atoms with van der Waals surface area (Å²) >= 11 is 12.7. The minimum Gasteiger partial charge on any atom is -0.497 e. The molecule has 0 saturated carbocycles. The van der Waals surface area contributed by atoms with Crippen LogP contribution in [0.5, 0.6) is 5.75 Å². The SMILES string of the molecule is COc1ccc(CN(C(=O)CN(c2cccc(Cl)c2Cl)S(=O)(=O)c2ccc(C)cc2)[C@@H](C)C(=O)NCC(C)C)cc1. The van der Waals surface area contributed by atoms with E-state index in [4.69, 9.17) is 27.9 Å². The number of carbonyl (C=O) groups is 2. The van der Waals surface area contributed by atoms with E-state index in [-0.39, 0.29) is 39.0 Å². The van der Waals surface area contributed by atoms with Gasteiger partial charge in [0.2, 0.25) is 11.8 Å². The van der Waals surface area contributed by atoms with Crippen LogP contribution in [0.1, 0.15) is 31.9 Å². The number of carbonyl (C=O) groups excluding carboxylic acids is 2. The zero-order valence-electron chi connectivity index (χ0n) is 23.7. The number of ether oxygens (including phenoxy) is 1. The lowest BCUT2D eigenvalue weighted by Crippen LogP contribution is -2.51. The van der Waals surface area contributed by atoms with E-state index in [1.807, 2.05) is 20.8 Å². The Balaban J connectivity index is 2.05. The molecule has 0 unspecified atom stereocenters. The summed E-state index contributed by atoms with van der Waals surface area (Å²) in [5.41, 5.74) is 1.66. The zero-order chi connectivity index (χ0) is 30.3. The van der Waals surface area contributed by atoms with Gasteiger partial charge in [-0.25, -0.2) is 8.42 Å². The van der Waals surface area contributed by atoms with Crippen LogP contribution in [0.25, 0.3) is 0 Å². The molecule has 0 aromatic heterocycles. The molecule has 0 bridgehead atoms. The number of amides is 2. The van der Waals surface area contributed by atoms with E-state index in [0.717, 1.165) is 15.4 Å². The predicted octanol–water partition coefficient (Wildman–Crippen LogP) is 5.70. The molecule has 11 heteroatoms. The average Bonchev–Trinajstić information content (AvgIpc) is 2.95. The Hall–Kier alpha value is -3.27. The summed E-state index contributed by atoms with van der Waals surface area (Å²) in [6.07, 6.45) is 0. The third-order valence-corrected chi connectivity index (χ3v) is 9.03. The van der Waals surface area contributed by atoms with Gasteiger partial charge in [-0.3, -0.25) is 13.9 Å². The molecule has 0 aliphatic carbocycles. The highest BCUT2D eigenvalue weighted by molar-refractivity contribution is 7.92. The molecule has 0 fully saturated rings. The Kier molecular flexibility index (Phi) is 11.1. The summed E-state index contributed by atoms with van der Waals surface area (Å²) in [4.78, 5) is 28.4. The van der Waals surface area contributed by atoms with Crippen LogP contribution in [-0.2, 0) is 26.2 Å². The molecule has 1 N–H and O–H groups in total. The van der Waals surface area contributed by atoms with Gasteiger partial charge in [-0.2, -0.15) is 0 Å². The minimum absolute atomic E-state index is 0.0120. The van der Waals surface area contributed by atoms with Gasteiger partial charge >= 0.3 is 0 Å². The van der Waals surface area contributed by atoms with Crippen molar-refractivity contribution in [3.05, 3.63) is 87.9 Å². The van der Waals surface area contributed by atoms with Crippen LogP contribution in [0.4, 0.5) is 5.69 Å². The fourth-order valence-corrected chi connectivity index (χ4v) is 5.87. The number of aryl methyl sites for hydroxylation is 1. The highest BCUT2D eigenvalue weighted by Gasteiger charge is 2.33. The van der Waals surface area contributed by atoms with Gasteiger partial charge in [0.15, 0.2) is 0 Å². The van der Waals surface area contributed by atoms with Gasteiger partial charge in [0, 0.05) is 13.1 Å². The number of anilines is 1. The maximum absolute atomic E-state index is 14.0. The Morgan fingerprint density at radius 1 is 0.951 bits per heavy atom. The molecule has 3 rings (SSSR count). The first-order valence-electron chi connectivity index (χ1n) is 13.1. The van der Waals surface area contributed by atoms with Crippen LogP contribution in [0.2, 0.25) is 10.0 Å². The van der Waals surface area contributed by atoms with Crippen molar-refractivity contribution < 1.29 is 22.7 Å². The second-order valence-electron chi connectivity index (χ2n) is 10.1. The van der Waals surface area contributed by atoms with Crippen LogP contribution in [-0.4, -0.2) is 51.4 Å². The number of hydrogen-bond acceptors (Lipinski definition) is 5. The lowest BCUT2D eigenvalue weighted by molar-refractivity contribution is -0.139. The maximum Gasteiger partial charge on any atom is 0.264 e. The third kappa shape index (κ3) is 8.15. The number of nitrogens with one attached hydrogen (secondary N) is 1. The Labute approximate surface area is 252 Å². The van der Waals surface area contributed by atoms with Gasteiger partial charge in [-0.15, -0.1) is 0 Å². The molecule has 41 heavy (non-hydrogen) atoms. The molecule has 1 atom stereocenters. The van der Waals surface area contributed by atoms with E-state index in [9.17, 15) is 18.0 Å². The molecule has 0 heterocycles. The van der Waals surface area contributed by atoms with Crippen molar-refractivity contribution >= 4 is 50.7 Å². The standard InChI is InChI=1S/C30H35Cl2N3O5S/c1-20(2)17-33-30(37)22(4)34(18-23-11-13-24(40-5)14-12-23)28(36)19-35(27-8-6-7-26(31)29(27)32)41(38,39)25-15-9-21(3)10-16-25/h6-16,20,22H,17-19H2,1-5H3,(H,33,37)/t22-/m0/s1. The second-order valence-corrected chi connectivity index (χ2v) is 12.7. The van der Waals surface area contributed by atoms with Crippen molar-refractivity contribution in [2.24, 2.45) is 5.92 Å². The Bertz CT molecular complexity index is 1460. The average molecular weight is 621 g/mol. The van der Waals surface area contributed by atoms with E-state index in [1.54, 1.807) is 56.5 Å². The molecule has 0 aliphatic heterocycles. The van der Waals surface area contributed by atoms with Gasteiger partial charge in [-0.1, -0.05) is 72.9 Å². The Morgan fingerprint density at radius 3 is 2.17 bits per heavy atom. The van der Waals surface area contributed by atoms with Crippen LogP contribution in [0, 0.1) is 12.8 Å². The molecule has 0 spiro atoms. The molecule has 0 aliphatic rings. The number of rotatable bonds is 12. The molecule has 8 nitrogen and oxygen atoms in total. The van der Waals surface area contributed by atoms with E-state index in [0.29, 0.717) is 12.3 Å². The molecule has 2 amide bonds. The summed E-state index contributed by atoms with van der Waals surface area (Å²) in [6.45, 7) is 7.26. The van der Waals surface area contributed by atoms with Gasteiger partial charge in [0.05, 0.1) is 27.7 Å². The monoisotopic (exact) mass is 619 g/mol. The third-order valence-electron chi connectivity index (χ3n) is 6.45. The molecular weight excluding hydrogens is 585 g/mol. The van der Waals surface area contributed by atoms with Crippen LogP contribution >= 0.6 is 23.2 Å². The molecule has 3 aromatic carbocycles. The molecule has 0 saturated heterocycles. The topological polar surface area (TPSA) is 96.0 Å². The molecular formula is C30H35Cl2N3O5S. The summed E-state index contributed by atoms with van der Waals surface area (Å²) in [5.74, 6) is -0.105. The van der Waals surface area contributed by atoms with E-state index >= 15 is 0 Å². The first-order chi connectivity index (χ1) is 19.3. The number of methoxy groups -OCH3 is 1. The van der Waals surface area contributed by atoms with E-state index in [2.05, 4.69) is 5.32 Å². The molecule has 3 aromatic rings. The molecule has 0 radical (unpaired) electrons. The van der Waals surface area contributed by atoms with Crippen molar-refractivity contribution in [1.82, 2.24) is 10.2 Å². The van der Waals surface area contributed by atoms with Gasteiger partial charge < -0.3 is 15.0 Å². The van der Waals surface area contributed by atoms with E-state index < -0.39 is 28.5 Å². The van der Waals surface area contributed by atoms with Gasteiger partial charge in [0.25, 0.3) is 10.0 Å². The van der Waals surface area contributed by atoms with Crippen molar-refractivity contribution in [3.8, 4) is 5.75 Å². The van der Waals surface area contributed by atoms with Gasteiger partial charge in [-0.05, 0) is 61.7 Å². The fourth-order valence-electron chi connectivity index (χ4n) is 4.00. The molecule has 220 valence electrons. The quantitative estimate of drug-likeness (QED) is 0.281. The van der Waals surface area contributed by atoms with Crippen LogP contribution in [0.15, 0.2) is 71.6 Å². The van der Waals surface area contributed by atoms with E-state index in [1.165, 1.54) is 29.2 Å². The number of sulfonamides is 1. The van der Waals surface area contributed by atoms with Crippen molar-refractivity contribution in [1.29, 1.82) is 0 Å². The summed E-state index contributed by atoms with van der Waals surface area (Å²) in [7, 11) is -2.71. The lowest BCUT2D eigenvalue weighted by Gasteiger charge is -2.32. The highest BCUT2D eigenvalue weighted by atomic mass is 35.5. The smallest absolute Gasteiger partial charge is 0.264 e. The number of nitrogens with zero attached hydrogens (tertiary/aromatic N) is 2. The second kappa shape index (κ2) is 14.1. The number of benzene rings is 3. The van der Waals surface area contributed by atoms with Crippen LogP contribution in [0.3, 0.4) is 0 Å². The van der Waals surface area contributed by atoms with Gasteiger partial charge in [0.1, 0.15) is 18.3 Å². The Morgan fingerprint density at radius 2 is 1.59 bits per heavy atom. The summed E-state index contributed by atoms with van der Waals surface area (Å²) in [5, 5.41) is 2.99. The van der Waals surface area contributed by atoms with Crippen molar-refractivity contribution in [2.45, 2.75) is 45.2 Å². The highest BCUT2D eigenvalue weighted by Crippen LogP contribution is 2.35. The fraction of sp³-hybridized carbons (Fsp3) is 0.333. The predicted molar refractivity (Wildman–Crippen MR) is 163 cm³/mol. The lowest BCUT2D eigenvalue weighted by atomic mass is 10.1. The zero-order valence-corrected chi connectivity index (χ0v) is 26.1. The first-order valence-corrected chi connectivity index (χ1v) is 15.3. The van der Waals surface area contributed by atoms with Crippen molar-refractivity contribution in [3.63, 3.8) is 0 Å². The maximum atomic E-state index is 14.0. The number of hydrogen-bond donors (Lipinski definition) is 1. The van der Waals surface area contributed by atoms with Crippen molar-refractivity contribution in [2.75, 3.05) is 24.5 Å². The van der Waals surface area contributed by atoms with Crippen LogP contribution < -0.4 is 14.4 Å². The summed E-state index contributed by atoms with van der Waals surface area (Å²) < 4.78 is 34.0. The minimum atomic E-state index is -4.26. The summed E-state index contributed by atoms with van der Waals surface area (Å²) in [6, 6.07) is 17.0. The first kappa shape index (κ1) is 32.2. The number of halogens is 2. The largest absolute Gasteiger partial charge is 0.497 e.